The highest BCUT2D eigenvalue weighted by Gasteiger charge is 2.32. The number of rotatable bonds is 4. The Morgan fingerprint density at radius 3 is 2.08 bits per heavy atom. The van der Waals surface area contributed by atoms with E-state index in [2.05, 4.69) is 5.32 Å². The molecule has 1 aliphatic heterocycles. The average molecular weight is 368 g/mol. The topological polar surface area (TPSA) is 69.7 Å². The molecule has 1 fully saturated rings. The van der Waals surface area contributed by atoms with Gasteiger partial charge in [-0.2, -0.15) is 4.31 Å². The number of aryl methyl sites for hydroxylation is 1. The number of hydrogen-bond acceptors (Lipinski definition) is 4. The summed E-state index contributed by atoms with van der Waals surface area (Å²) in [6, 6.07) is 6.64. The molecule has 0 radical (unpaired) electrons. The Bertz CT molecular complexity index is 700. The van der Waals surface area contributed by atoms with E-state index in [1.54, 1.807) is 12.1 Å². The number of sulfonamides is 1. The highest BCUT2D eigenvalue weighted by molar-refractivity contribution is 7.89. The summed E-state index contributed by atoms with van der Waals surface area (Å²) in [5.41, 5.74) is 0.754. The van der Waals surface area contributed by atoms with Gasteiger partial charge in [0.2, 0.25) is 15.9 Å². The fraction of sp³-hybridized carbons (Fsp3) is 0.611. The van der Waals surface area contributed by atoms with E-state index in [-0.39, 0.29) is 17.5 Å². The second-order valence-corrected chi connectivity index (χ2v) is 9.61. The molecule has 1 heterocycles. The van der Waals surface area contributed by atoms with Crippen molar-refractivity contribution in [2.75, 3.05) is 26.2 Å². The summed E-state index contributed by atoms with van der Waals surface area (Å²) in [5.74, 6) is -0.0256. The van der Waals surface area contributed by atoms with Crippen molar-refractivity contribution in [1.82, 2.24) is 14.5 Å². The lowest BCUT2D eigenvalue weighted by Gasteiger charge is -2.37. The molecule has 1 aromatic carbocycles. The zero-order chi connectivity index (χ0) is 18.8. The molecule has 0 aliphatic carbocycles. The SMILES string of the molecule is Cc1ccc(S(=O)(=O)N2CCN([C@H](C)C(=O)NC(C)(C)C)CC2)cc1. The van der Waals surface area contributed by atoms with E-state index < -0.39 is 10.0 Å². The minimum atomic E-state index is -3.47. The Morgan fingerprint density at radius 2 is 1.60 bits per heavy atom. The van der Waals surface area contributed by atoms with E-state index in [0.717, 1.165) is 5.56 Å². The maximum Gasteiger partial charge on any atom is 0.243 e. The number of carbonyl (C=O) groups excluding carboxylic acids is 1. The van der Waals surface area contributed by atoms with E-state index in [0.29, 0.717) is 31.1 Å². The number of benzene rings is 1. The maximum absolute atomic E-state index is 12.7. The summed E-state index contributed by atoms with van der Waals surface area (Å²) in [7, 11) is -3.47. The fourth-order valence-electron chi connectivity index (χ4n) is 2.83. The van der Waals surface area contributed by atoms with Gasteiger partial charge < -0.3 is 5.32 Å². The first-order valence-corrected chi connectivity index (χ1v) is 10.1. The van der Waals surface area contributed by atoms with Gasteiger partial charge in [0.25, 0.3) is 0 Å². The summed E-state index contributed by atoms with van der Waals surface area (Å²) in [4.78, 5) is 14.7. The van der Waals surface area contributed by atoms with Crippen LogP contribution in [0.15, 0.2) is 29.2 Å². The van der Waals surface area contributed by atoms with Gasteiger partial charge in [-0.3, -0.25) is 9.69 Å². The molecule has 7 heteroatoms. The van der Waals surface area contributed by atoms with Gasteiger partial charge in [-0.15, -0.1) is 0 Å². The molecule has 25 heavy (non-hydrogen) atoms. The highest BCUT2D eigenvalue weighted by Crippen LogP contribution is 2.19. The lowest BCUT2D eigenvalue weighted by atomic mass is 10.1. The molecule has 1 N–H and O–H groups in total. The van der Waals surface area contributed by atoms with Crippen molar-refractivity contribution in [1.29, 1.82) is 0 Å². The number of nitrogens with one attached hydrogen (secondary N) is 1. The second kappa shape index (κ2) is 7.43. The molecule has 0 aromatic heterocycles. The van der Waals surface area contributed by atoms with E-state index in [4.69, 9.17) is 0 Å². The fourth-order valence-corrected chi connectivity index (χ4v) is 4.25. The Morgan fingerprint density at radius 1 is 1.08 bits per heavy atom. The number of hydrogen-bond donors (Lipinski definition) is 1. The summed E-state index contributed by atoms with van der Waals surface area (Å²) >= 11 is 0. The number of carbonyl (C=O) groups is 1. The van der Waals surface area contributed by atoms with Crippen molar-refractivity contribution < 1.29 is 13.2 Å². The molecular weight excluding hydrogens is 338 g/mol. The molecule has 2 rings (SSSR count). The molecular formula is C18H29N3O3S. The van der Waals surface area contributed by atoms with Crippen LogP contribution in [0.25, 0.3) is 0 Å². The van der Waals surface area contributed by atoms with Gasteiger partial charge in [0.15, 0.2) is 0 Å². The van der Waals surface area contributed by atoms with Crippen molar-refractivity contribution >= 4 is 15.9 Å². The van der Waals surface area contributed by atoms with Crippen molar-refractivity contribution in [2.45, 2.75) is 51.1 Å². The molecule has 1 amide bonds. The van der Waals surface area contributed by atoms with Gasteiger partial charge in [0.05, 0.1) is 10.9 Å². The van der Waals surface area contributed by atoms with E-state index in [9.17, 15) is 13.2 Å². The molecule has 1 saturated heterocycles. The lowest BCUT2D eigenvalue weighted by molar-refractivity contribution is -0.127. The van der Waals surface area contributed by atoms with Gasteiger partial charge in [-0.1, -0.05) is 17.7 Å². The molecule has 1 aliphatic rings. The summed E-state index contributed by atoms with van der Waals surface area (Å²) < 4.78 is 27.0. The zero-order valence-electron chi connectivity index (χ0n) is 15.7. The minimum absolute atomic E-state index is 0.0256. The van der Waals surface area contributed by atoms with Crippen molar-refractivity contribution in [3.05, 3.63) is 29.8 Å². The quantitative estimate of drug-likeness (QED) is 0.878. The van der Waals surface area contributed by atoms with Crippen molar-refractivity contribution in [3.63, 3.8) is 0 Å². The van der Waals surface area contributed by atoms with Crippen LogP contribution in [0, 0.1) is 6.92 Å². The van der Waals surface area contributed by atoms with Crippen LogP contribution in [-0.4, -0.2) is 61.3 Å². The summed E-state index contributed by atoms with van der Waals surface area (Å²) in [5, 5.41) is 2.98. The van der Waals surface area contributed by atoms with Gasteiger partial charge >= 0.3 is 0 Å². The highest BCUT2D eigenvalue weighted by atomic mass is 32.2. The molecule has 0 unspecified atom stereocenters. The average Bonchev–Trinajstić information content (AvgIpc) is 2.53. The molecule has 0 spiro atoms. The molecule has 1 aromatic rings. The van der Waals surface area contributed by atoms with E-state index in [1.807, 2.05) is 51.7 Å². The zero-order valence-corrected chi connectivity index (χ0v) is 16.6. The lowest BCUT2D eigenvalue weighted by Crippen LogP contribution is -2.56. The Balaban J connectivity index is 1.99. The third-order valence-corrected chi connectivity index (χ3v) is 6.27. The van der Waals surface area contributed by atoms with Crippen molar-refractivity contribution in [3.8, 4) is 0 Å². The number of nitrogens with zero attached hydrogens (tertiary/aromatic N) is 2. The van der Waals surface area contributed by atoms with Crippen LogP contribution < -0.4 is 5.32 Å². The van der Waals surface area contributed by atoms with Crippen LogP contribution in [0.2, 0.25) is 0 Å². The molecule has 140 valence electrons. The van der Waals surface area contributed by atoms with Gasteiger partial charge in [-0.25, -0.2) is 8.42 Å². The monoisotopic (exact) mass is 367 g/mol. The molecule has 0 saturated carbocycles. The van der Waals surface area contributed by atoms with Crippen LogP contribution in [0.4, 0.5) is 0 Å². The number of amides is 1. The summed E-state index contributed by atoms with van der Waals surface area (Å²) in [6.45, 7) is 11.5. The standard InChI is InChI=1S/C18H29N3O3S/c1-14-6-8-16(9-7-14)25(23,24)21-12-10-20(11-13-21)15(2)17(22)19-18(3,4)5/h6-9,15H,10-13H2,1-5H3,(H,19,22)/t15-/m1/s1. The third kappa shape index (κ3) is 5.03. The predicted molar refractivity (Wildman–Crippen MR) is 98.9 cm³/mol. The smallest absolute Gasteiger partial charge is 0.243 e. The van der Waals surface area contributed by atoms with E-state index in [1.165, 1.54) is 4.31 Å². The van der Waals surface area contributed by atoms with Crippen molar-refractivity contribution in [2.24, 2.45) is 0 Å². The van der Waals surface area contributed by atoms with Gasteiger partial charge in [0, 0.05) is 31.7 Å². The normalized spacial score (nSPS) is 18.8. The Labute approximate surface area is 151 Å². The first-order valence-electron chi connectivity index (χ1n) is 8.63. The van der Waals surface area contributed by atoms with Crippen LogP contribution in [0.1, 0.15) is 33.3 Å². The Kier molecular flexibility index (Phi) is 5.91. The van der Waals surface area contributed by atoms with Crippen LogP contribution in [-0.2, 0) is 14.8 Å². The molecule has 0 bridgehead atoms. The number of piperazine rings is 1. The summed E-state index contributed by atoms with van der Waals surface area (Å²) in [6.07, 6.45) is 0. The maximum atomic E-state index is 12.7. The van der Waals surface area contributed by atoms with Crippen LogP contribution in [0.5, 0.6) is 0 Å². The first-order chi connectivity index (χ1) is 11.5. The van der Waals surface area contributed by atoms with Crippen LogP contribution in [0.3, 0.4) is 0 Å². The van der Waals surface area contributed by atoms with Gasteiger partial charge in [0.1, 0.15) is 0 Å². The van der Waals surface area contributed by atoms with Crippen LogP contribution >= 0.6 is 0 Å². The van der Waals surface area contributed by atoms with E-state index >= 15 is 0 Å². The first kappa shape index (κ1) is 19.9. The minimum Gasteiger partial charge on any atom is -0.350 e. The predicted octanol–water partition coefficient (Wildman–Crippen LogP) is 1.60. The Hall–Kier alpha value is -1.44. The second-order valence-electron chi connectivity index (χ2n) is 7.67. The third-order valence-electron chi connectivity index (χ3n) is 4.36. The molecule has 1 atom stereocenters. The van der Waals surface area contributed by atoms with Gasteiger partial charge in [-0.05, 0) is 46.8 Å². The molecule has 6 nitrogen and oxygen atoms in total. The largest absolute Gasteiger partial charge is 0.350 e.